The Bertz CT molecular complexity index is 1540. The van der Waals surface area contributed by atoms with E-state index in [2.05, 4.69) is 15.3 Å². The summed E-state index contributed by atoms with van der Waals surface area (Å²) in [6.45, 7) is 2.60. The maximum absolute atomic E-state index is 13.9. The molecule has 0 saturated carbocycles. The molecule has 2 aromatic carbocycles. The van der Waals surface area contributed by atoms with Crippen molar-refractivity contribution >= 4 is 16.6 Å². The van der Waals surface area contributed by atoms with Crippen LogP contribution in [0.5, 0.6) is 5.75 Å². The minimum absolute atomic E-state index is 0.162. The molecule has 1 aliphatic rings. The van der Waals surface area contributed by atoms with Gasteiger partial charge in [-0.25, -0.2) is 9.67 Å². The van der Waals surface area contributed by atoms with Crippen LogP contribution in [0.1, 0.15) is 19.8 Å². The minimum Gasteiger partial charge on any atom is -0.497 e. The summed E-state index contributed by atoms with van der Waals surface area (Å²) in [4.78, 5) is 18.5. The van der Waals surface area contributed by atoms with Gasteiger partial charge in [-0.15, -0.1) is 5.10 Å². The first-order valence-corrected chi connectivity index (χ1v) is 10.8. The highest BCUT2D eigenvalue weighted by Crippen LogP contribution is 2.33. The van der Waals surface area contributed by atoms with Gasteiger partial charge in [0, 0.05) is 6.61 Å². The number of hydrogen-bond donors (Lipinski definition) is 0. The molecule has 6 rings (SSSR count). The van der Waals surface area contributed by atoms with Crippen molar-refractivity contribution in [1.29, 1.82) is 0 Å². The fourth-order valence-corrected chi connectivity index (χ4v) is 4.64. The SMILES string of the molecule is COc1ccc(-n2cc(-c3ncn4c3c(=O)n(C3(C)CCCO3)c3ccccc34)nn2)cc1. The van der Waals surface area contributed by atoms with Crippen LogP contribution in [0.25, 0.3) is 33.6 Å². The van der Waals surface area contributed by atoms with E-state index < -0.39 is 5.72 Å². The molecule has 0 amide bonds. The molecule has 0 N–H and O–H groups in total. The molecule has 1 atom stereocenters. The number of aromatic nitrogens is 6. The van der Waals surface area contributed by atoms with Crippen molar-refractivity contribution in [3.8, 4) is 22.8 Å². The van der Waals surface area contributed by atoms with Crippen LogP contribution in [0.3, 0.4) is 0 Å². The van der Waals surface area contributed by atoms with Crippen molar-refractivity contribution in [3.63, 3.8) is 0 Å². The van der Waals surface area contributed by atoms with E-state index in [0.717, 1.165) is 35.3 Å². The molecule has 9 nitrogen and oxygen atoms in total. The highest BCUT2D eigenvalue weighted by Gasteiger charge is 2.35. The monoisotopic (exact) mass is 442 g/mol. The Morgan fingerprint density at radius 1 is 1.09 bits per heavy atom. The molecule has 9 heteroatoms. The zero-order valence-corrected chi connectivity index (χ0v) is 18.3. The largest absolute Gasteiger partial charge is 0.497 e. The molecule has 5 aromatic rings. The van der Waals surface area contributed by atoms with Crippen molar-refractivity contribution < 1.29 is 9.47 Å². The molecule has 0 aliphatic carbocycles. The van der Waals surface area contributed by atoms with E-state index in [9.17, 15) is 4.79 Å². The summed E-state index contributed by atoms with van der Waals surface area (Å²) < 4.78 is 16.5. The van der Waals surface area contributed by atoms with Gasteiger partial charge in [0.05, 0.1) is 30.0 Å². The lowest BCUT2D eigenvalue weighted by molar-refractivity contribution is -0.0447. The first-order valence-electron chi connectivity index (χ1n) is 10.8. The van der Waals surface area contributed by atoms with Gasteiger partial charge in [0.15, 0.2) is 0 Å². The first kappa shape index (κ1) is 19.7. The summed E-state index contributed by atoms with van der Waals surface area (Å²) in [5.74, 6) is 0.759. The second-order valence-corrected chi connectivity index (χ2v) is 8.31. The van der Waals surface area contributed by atoms with Gasteiger partial charge in [-0.2, -0.15) is 0 Å². The predicted octanol–water partition coefficient (Wildman–Crippen LogP) is 3.39. The Hall–Kier alpha value is -3.98. The van der Waals surface area contributed by atoms with Crippen LogP contribution in [0.4, 0.5) is 0 Å². The van der Waals surface area contributed by atoms with Crippen LogP contribution < -0.4 is 10.3 Å². The van der Waals surface area contributed by atoms with Gasteiger partial charge in [0.2, 0.25) is 0 Å². The number of para-hydroxylation sites is 2. The number of fused-ring (bicyclic) bond motifs is 3. The summed E-state index contributed by atoms with van der Waals surface area (Å²) in [6.07, 6.45) is 5.12. The van der Waals surface area contributed by atoms with Crippen LogP contribution in [0, 0.1) is 0 Å². The fourth-order valence-electron chi connectivity index (χ4n) is 4.64. The van der Waals surface area contributed by atoms with E-state index in [-0.39, 0.29) is 5.56 Å². The molecule has 1 fully saturated rings. The first-order chi connectivity index (χ1) is 16.1. The molecule has 1 saturated heterocycles. The maximum Gasteiger partial charge on any atom is 0.280 e. The predicted molar refractivity (Wildman–Crippen MR) is 123 cm³/mol. The van der Waals surface area contributed by atoms with Gasteiger partial charge in [0.25, 0.3) is 5.56 Å². The normalized spacial score (nSPS) is 18.4. The topological polar surface area (TPSA) is 88.5 Å². The summed E-state index contributed by atoms with van der Waals surface area (Å²) in [7, 11) is 1.62. The third kappa shape index (κ3) is 2.96. The molecule has 166 valence electrons. The highest BCUT2D eigenvalue weighted by atomic mass is 16.5. The lowest BCUT2D eigenvalue weighted by atomic mass is 10.1. The third-order valence-electron chi connectivity index (χ3n) is 6.30. The van der Waals surface area contributed by atoms with Crippen molar-refractivity contribution in [2.75, 3.05) is 13.7 Å². The molecule has 0 radical (unpaired) electrons. The summed E-state index contributed by atoms with van der Waals surface area (Å²) in [6, 6.07) is 15.3. The smallest absolute Gasteiger partial charge is 0.280 e. The number of benzene rings is 2. The van der Waals surface area contributed by atoms with Crippen LogP contribution in [0.2, 0.25) is 0 Å². The average Bonchev–Trinajstić information content (AvgIpc) is 3.59. The summed E-state index contributed by atoms with van der Waals surface area (Å²) in [5.41, 5.74) is 3.10. The Labute approximate surface area is 188 Å². The summed E-state index contributed by atoms with van der Waals surface area (Å²) >= 11 is 0. The molecule has 0 bridgehead atoms. The molecule has 0 spiro atoms. The molecule has 3 aromatic heterocycles. The number of hydrogen-bond acceptors (Lipinski definition) is 6. The van der Waals surface area contributed by atoms with Crippen molar-refractivity contribution in [3.05, 3.63) is 71.4 Å². The number of ether oxygens (including phenoxy) is 2. The average molecular weight is 442 g/mol. The fraction of sp³-hybridized carbons (Fsp3) is 0.250. The number of rotatable bonds is 4. The van der Waals surface area contributed by atoms with Crippen molar-refractivity contribution in [2.24, 2.45) is 0 Å². The minimum atomic E-state index is -0.708. The van der Waals surface area contributed by atoms with E-state index in [1.807, 2.05) is 59.9 Å². The number of imidazole rings is 1. The Morgan fingerprint density at radius 2 is 1.88 bits per heavy atom. The molecule has 33 heavy (non-hydrogen) atoms. The maximum atomic E-state index is 13.9. The second-order valence-electron chi connectivity index (χ2n) is 8.31. The van der Waals surface area contributed by atoms with Crippen LogP contribution >= 0.6 is 0 Å². The van der Waals surface area contributed by atoms with Gasteiger partial charge >= 0.3 is 0 Å². The van der Waals surface area contributed by atoms with E-state index >= 15 is 0 Å². The third-order valence-corrected chi connectivity index (χ3v) is 6.30. The number of methoxy groups -OCH3 is 1. The van der Waals surface area contributed by atoms with Crippen molar-refractivity contribution in [1.82, 2.24) is 28.9 Å². The van der Waals surface area contributed by atoms with Gasteiger partial charge in [-0.05, 0) is 56.2 Å². The Morgan fingerprint density at radius 3 is 2.61 bits per heavy atom. The van der Waals surface area contributed by atoms with Crippen LogP contribution in [0.15, 0.2) is 65.8 Å². The van der Waals surface area contributed by atoms with E-state index in [0.29, 0.717) is 23.5 Å². The van der Waals surface area contributed by atoms with Crippen molar-refractivity contribution in [2.45, 2.75) is 25.5 Å². The standard InChI is InChI=1S/C24H22N6O3/c1-24(12-5-13-33-24)30-20-7-4-3-6-19(20)28-15-25-21(22(28)23(30)31)18-14-29(27-26-18)16-8-10-17(32-2)11-9-16/h3-4,6-11,14-15H,5,12-13H2,1-2H3. The van der Waals surface area contributed by atoms with Crippen LogP contribution in [-0.2, 0) is 10.5 Å². The number of nitrogens with zero attached hydrogens (tertiary/aromatic N) is 6. The zero-order chi connectivity index (χ0) is 22.6. The Kier molecular flexibility index (Phi) is 4.34. The second kappa shape index (κ2) is 7.28. The molecular weight excluding hydrogens is 420 g/mol. The van der Waals surface area contributed by atoms with Gasteiger partial charge in [-0.3, -0.25) is 13.8 Å². The van der Waals surface area contributed by atoms with Gasteiger partial charge < -0.3 is 9.47 Å². The van der Waals surface area contributed by atoms with E-state index in [1.54, 1.807) is 28.9 Å². The van der Waals surface area contributed by atoms with E-state index in [1.165, 1.54) is 0 Å². The van der Waals surface area contributed by atoms with Gasteiger partial charge in [-0.1, -0.05) is 17.3 Å². The van der Waals surface area contributed by atoms with E-state index in [4.69, 9.17) is 9.47 Å². The molecular formula is C24H22N6O3. The highest BCUT2D eigenvalue weighted by molar-refractivity contribution is 5.84. The molecule has 4 heterocycles. The quantitative estimate of drug-likeness (QED) is 0.424. The lowest BCUT2D eigenvalue weighted by Crippen LogP contribution is -2.39. The summed E-state index contributed by atoms with van der Waals surface area (Å²) in [5, 5.41) is 8.57. The molecule has 1 aliphatic heterocycles. The molecule has 1 unspecified atom stereocenters. The zero-order valence-electron chi connectivity index (χ0n) is 18.3. The van der Waals surface area contributed by atoms with Crippen LogP contribution in [-0.4, -0.2) is 42.7 Å². The Balaban J connectivity index is 1.56. The van der Waals surface area contributed by atoms with Gasteiger partial charge in [0.1, 0.15) is 34.7 Å². The lowest BCUT2D eigenvalue weighted by Gasteiger charge is -2.28.